The normalized spacial score (nSPS) is 11.2. The molecule has 0 radical (unpaired) electrons. The van der Waals surface area contributed by atoms with Crippen molar-refractivity contribution < 1.29 is 33.6 Å². The topological polar surface area (TPSA) is 107 Å². The van der Waals surface area contributed by atoms with Gasteiger partial charge in [-0.2, -0.15) is 0 Å². The second-order valence-electron chi connectivity index (χ2n) is 10.4. The van der Waals surface area contributed by atoms with Gasteiger partial charge in [-0.3, -0.25) is 9.78 Å². The Kier molecular flexibility index (Phi) is 9.55. The van der Waals surface area contributed by atoms with Gasteiger partial charge in [-0.1, -0.05) is 60.7 Å². The fourth-order valence-corrected chi connectivity index (χ4v) is 5.87. The fourth-order valence-electron chi connectivity index (χ4n) is 4.78. The number of carboxylic acids is 1. The van der Waals surface area contributed by atoms with Crippen molar-refractivity contribution >= 4 is 45.0 Å². The Bertz CT molecular complexity index is 2020. The number of hydrogen-bond acceptors (Lipinski definition) is 9. The van der Waals surface area contributed by atoms with Crippen LogP contribution in [0.4, 0.5) is 0 Å². The number of aliphatic carboxylic acids is 1. The molecule has 0 N–H and O–H groups in total. The zero-order chi connectivity index (χ0) is 32.6. The van der Waals surface area contributed by atoms with E-state index in [4.69, 9.17) is 18.9 Å². The van der Waals surface area contributed by atoms with Crippen molar-refractivity contribution in [3.05, 3.63) is 143 Å². The Balaban J connectivity index is 1.46. The highest BCUT2D eigenvalue weighted by molar-refractivity contribution is 7.20. The second-order valence-corrected chi connectivity index (χ2v) is 11.5. The number of pyridine rings is 1. The van der Waals surface area contributed by atoms with Gasteiger partial charge in [0, 0.05) is 41.0 Å². The van der Waals surface area contributed by atoms with Crippen molar-refractivity contribution in [1.29, 1.82) is 0 Å². The van der Waals surface area contributed by atoms with Crippen LogP contribution in [0.3, 0.4) is 0 Å². The van der Waals surface area contributed by atoms with E-state index in [9.17, 15) is 14.7 Å². The van der Waals surface area contributed by atoms with Gasteiger partial charge in [0.2, 0.25) is 0 Å². The molecule has 0 atom stereocenters. The largest absolute Gasteiger partial charge is 0.545 e. The van der Waals surface area contributed by atoms with Gasteiger partial charge < -0.3 is 28.8 Å². The number of esters is 1. The Labute approximate surface area is 275 Å². The van der Waals surface area contributed by atoms with E-state index in [2.05, 4.69) is 4.98 Å². The fraction of sp³-hybridized carbons (Fsp3) is 0.0789. The molecule has 0 saturated heterocycles. The Hall–Kier alpha value is -5.93. The molecule has 6 aromatic rings. The van der Waals surface area contributed by atoms with Crippen molar-refractivity contribution in [1.82, 2.24) is 4.98 Å². The average molecular weight is 643 g/mol. The molecule has 0 aliphatic carbocycles. The zero-order valence-corrected chi connectivity index (χ0v) is 26.1. The molecule has 9 heteroatoms. The number of carboxylic acid groups (broad SMARTS) is 1. The molecule has 0 saturated carbocycles. The van der Waals surface area contributed by atoms with Crippen LogP contribution in [-0.4, -0.2) is 16.9 Å². The number of fused-ring (bicyclic) bond motifs is 1. The Morgan fingerprint density at radius 3 is 1.91 bits per heavy atom. The summed E-state index contributed by atoms with van der Waals surface area (Å²) >= 11 is 1.34. The summed E-state index contributed by atoms with van der Waals surface area (Å²) in [6.07, 6.45) is 4.57. The average Bonchev–Trinajstić information content (AvgIpc) is 3.42. The quantitative estimate of drug-likeness (QED) is 0.0769. The number of carbonyl (C=O) groups is 2. The third kappa shape index (κ3) is 7.84. The van der Waals surface area contributed by atoms with Crippen LogP contribution in [-0.2, 0) is 22.8 Å². The van der Waals surface area contributed by atoms with E-state index in [1.807, 2.05) is 72.8 Å². The molecule has 8 nitrogen and oxygen atoms in total. The van der Waals surface area contributed by atoms with Gasteiger partial charge in [0.05, 0.1) is 10.8 Å². The van der Waals surface area contributed by atoms with Crippen LogP contribution >= 0.6 is 11.3 Å². The van der Waals surface area contributed by atoms with Gasteiger partial charge >= 0.3 is 5.97 Å². The number of thiophene rings is 1. The van der Waals surface area contributed by atoms with Gasteiger partial charge in [0.15, 0.2) is 17.2 Å². The molecule has 0 aliphatic heterocycles. The number of nitrogens with zero attached hydrogens (tertiary/aromatic N) is 1. The van der Waals surface area contributed by atoms with E-state index in [0.717, 1.165) is 15.8 Å². The SMILES string of the molecule is CC(=O)Oc1ccc(Oc2c(/C=C(/C(=O)[O-])c3ccncc3)sc3cc(OCc4ccccc4)c(OCc4ccccc4)cc23)cc1. The molecule has 0 bridgehead atoms. The molecule has 0 spiro atoms. The Morgan fingerprint density at radius 1 is 0.766 bits per heavy atom. The number of benzene rings is 4. The third-order valence-corrected chi connectivity index (χ3v) is 8.08. The molecule has 4 aromatic carbocycles. The molecule has 0 unspecified atom stereocenters. The first-order valence-electron chi connectivity index (χ1n) is 14.7. The van der Waals surface area contributed by atoms with Gasteiger partial charge in [-0.15, -0.1) is 11.3 Å². The number of carbonyl (C=O) groups excluding carboxylic acids is 2. The molecular formula is C38H28NO7S-. The van der Waals surface area contributed by atoms with E-state index in [1.54, 1.807) is 36.4 Å². The van der Waals surface area contributed by atoms with E-state index in [-0.39, 0.29) is 5.57 Å². The predicted octanol–water partition coefficient (Wildman–Crippen LogP) is 7.46. The first kappa shape index (κ1) is 31.1. The predicted molar refractivity (Wildman–Crippen MR) is 178 cm³/mol. The number of ether oxygens (including phenoxy) is 4. The molecular weight excluding hydrogens is 614 g/mol. The lowest BCUT2D eigenvalue weighted by atomic mass is 10.1. The molecule has 47 heavy (non-hydrogen) atoms. The van der Waals surface area contributed by atoms with Crippen molar-refractivity contribution in [2.24, 2.45) is 0 Å². The summed E-state index contributed by atoms with van der Waals surface area (Å²) in [4.78, 5) is 28.3. The number of rotatable bonds is 12. The van der Waals surface area contributed by atoms with Crippen LogP contribution in [0.5, 0.6) is 28.7 Å². The highest BCUT2D eigenvalue weighted by Crippen LogP contribution is 2.47. The summed E-state index contributed by atoms with van der Waals surface area (Å²) in [5, 5.41) is 13.0. The lowest BCUT2D eigenvalue weighted by Gasteiger charge is -2.14. The van der Waals surface area contributed by atoms with Crippen molar-refractivity contribution in [3.63, 3.8) is 0 Å². The maximum Gasteiger partial charge on any atom is 0.308 e. The first-order chi connectivity index (χ1) is 22.9. The van der Waals surface area contributed by atoms with Gasteiger partial charge in [-0.25, -0.2) is 0 Å². The van der Waals surface area contributed by atoms with Gasteiger partial charge in [-0.05, 0) is 65.2 Å². The molecule has 0 fully saturated rings. The molecule has 234 valence electrons. The van der Waals surface area contributed by atoms with E-state index in [1.165, 1.54) is 36.7 Å². The lowest BCUT2D eigenvalue weighted by Crippen LogP contribution is -2.23. The summed E-state index contributed by atoms with van der Waals surface area (Å²) < 4.78 is 25.0. The van der Waals surface area contributed by atoms with Crippen molar-refractivity contribution in [2.75, 3.05) is 0 Å². The van der Waals surface area contributed by atoms with Gasteiger partial charge in [0.25, 0.3) is 0 Å². The summed E-state index contributed by atoms with van der Waals surface area (Å²) in [5.41, 5.74) is 2.38. The van der Waals surface area contributed by atoms with E-state index < -0.39 is 11.9 Å². The monoisotopic (exact) mass is 642 g/mol. The van der Waals surface area contributed by atoms with E-state index in [0.29, 0.717) is 57.8 Å². The number of hydrogen-bond donors (Lipinski definition) is 0. The minimum atomic E-state index is -1.34. The Morgan fingerprint density at radius 2 is 1.34 bits per heavy atom. The van der Waals surface area contributed by atoms with Crippen LogP contribution in [0.15, 0.2) is 122 Å². The van der Waals surface area contributed by atoms with Crippen molar-refractivity contribution in [2.45, 2.75) is 20.1 Å². The minimum Gasteiger partial charge on any atom is -0.545 e. The maximum atomic E-state index is 12.3. The smallest absolute Gasteiger partial charge is 0.308 e. The lowest BCUT2D eigenvalue weighted by molar-refractivity contribution is -0.295. The van der Waals surface area contributed by atoms with E-state index >= 15 is 0 Å². The maximum absolute atomic E-state index is 12.3. The van der Waals surface area contributed by atoms with Gasteiger partial charge in [0.1, 0.15) is 24.7 Å². The van der Waals surface area contributed by atoms with Crippen molar-refractivity contribution in [3.8, 4) is 28.7 Å². The van der Waals surface area contributed by atoms with Crippen LogP contribution in [0.2, 0.25) is 0 Å². The first-order valence-corrected chi connectivity index (χ1v) is 15.5. The zero-order valence-electron chi connectivity index (χ0n) is 25.3. The summed E-state index contributed by atoms with van der Waals surface area (Å²) in [6, 6.07) is 33.1. The number of aromatic nitrogens is 1. The molecule has 6 rings (SSSR count). The highest BCUT2D eigenvalue weighted by Gasteiger charge is 2.20. The van der Waals surface area contributed by atoms with Crippen LogP contribution in [0.1, 0.15) is 28.5 Å². The highest BCUT2D eigenvalue weighted by atomic mass is 32.1. The molecule has 0 amide bonds. The molecule has 2 aromatic heterocycles. The summed E-state index contributed by atoms with van der Waals surface area (Å²) in [5.74, 6) is 0.477. The van der Waals surface area contributed by atoms with Crippen LogP contribution in [0.25, 0.3) is 21.7 Å². The second kappa shape index (κ2) is 14.4. The molecule has 2 heterocycles. The summed E-state index contributed by atoms with van der Waals surface area (Å²) in [7, 11) is 0. The summed E-state index contributed by atoms with van der Waals surface area (Å²) in [6.45, 7) is 1.95. The van der Waals surface area contributed by atoms with Crippen LogP contribution in [0, 0.1) is 0 Å². The minimum absolute atomic E-state index is 0.0323. The van der Waals surface area contributed by atoms with Crippen LogP contribution < -0.4 is 24.1 Å². The third-order valence-electron chi connectivity index (χ3n) is 7.00. The molecule has 0 aliphatic rings. The standard InChI is InChI=1S/C38H29NO7S/c1-25(40)45-29-12-14-30(15-13-29)46-37-32-20-33(43-23-26-8-4-2-5-9-26)34(44-24-27-10-6-3-7-11-27)22-35(32)47-36(37)21-31(38(41)42)28-16-18-39-19-17-28/h2-22H,23-24H2,1H3,(H,41,42)/p-1/b31-21+.